The van der Waals surface area contributed by atoms with Crippen LogP contribution in [0.5, 0.6) is 5.75 Å². The zero-order chi connectivity index (χ0) is 12.3. The predicted molar refractivity (Wildman–Crippen MR) is 56.0 cm³/mol. The van der Waals surface area contributed by atoms with Crippen LogP contribution in [0.15, 0.2) is 24.3 Å². The molecule has 7 heteroatoms. The predicted octanol–water partition coefficient (Wildman–Crippen LogP) is -0.105. The number of phenolic OH excluding ortho intramolecular Hbond substituents is 1. The summed E-state index contributed by atoms with van der Waals surface area (Å²) in [6.45, 7) is 0. The molecule has 1 aromatic carbocycles. The highest BCUT2D eigenvalue weighted by Crippen LogP contribution is 2.16. The summed E-state index contributed by atoms with van der Waals surface area (Å²) < 4.78 is 25.5. The van der Waals surface area contributed by atoms with E-state index in [1.807, 2.05) is 0 Å². The third-order valence-corrected chi connectivity index (χ3v) is 2.21. The van der Waals surface area contributed by atoms with Crippen LogP contribution in [-0.2, 0) is 19.1 Å². The van der Waals surface area contributed by atoms with E-state index in [1.165, 1.54) is 24.3 Å². The van der Waals surface area contributed by atoms with Crippen LogP contribution in [0.2, 0.25) is 0 Å². The number of aromatic hydroxyl groups is 1. The second-order valence-corrected chi connectivity index (χ2v) is 4.75. The Balaban J connectivity index is 2.82. The SMILES string of the molecule is CS(=O)(=O)OC(=O)[C@H](N)c1ccc(O)cc1. The van der Waals surface area contributed by atoms with Crippen LogP contribution in [-0.4, -0.2) is 25.7 Å². The van der Waals surface area contributed by atoms with Gasteiger partial charge in [-0.25, -0.2) is 4.79 Å². The average Bonchev–Trinajstić information content (AvgIpc) is 2.15. The number of benzene rings is 1. The molecule has 0 amide bonds. The minimum Gasteiger partial charge on any atom is -0.508 e. The molecular formula is C9H11NO5S. The number of nitrogens with two attached hydrogens (primary N) is 1. The smallest absolute Gasteiger partial charge is 0.343 e. The van der Waals surface area contributed by atoms with Crippen molar-refractivity contribution in [2.24, 2.45) is 5.73 Å². The molecular weight excluding hydrogens is 234 g/mol. The van der Waals surface area contributed by atoms with E-state index in [-0.39, 0.29) is 5.75 Å². The lowest BCUT2D eigenvalue weighted by Crippen LogP contribution is -2.25. The Morgan fingerprint density at radius 1 is 1.38 bits per heavy atom. The molecule has 1 atom stereocenters. The topological polar surface area (TPSA) is 107 Å². The largest absolute Gasteiger partial charge is 0.508 e. The molecule has 0 unspecified atom stereocenters. The summed E-state index contributed by atoms with van der Waals surface area (Å²) in [6.07, 6.45) is 0.758. The lowest BCUT2D eigenvalue weighted by atomic mass is 10.1. The molecule has 0 heterocycles. The molecule has 0 saturated carbocycles. The van der Waals surface area contributed by atoms with E-state index in [9.17, 15) is 13.2 Å². The fraction of sp³-hybridized carbons (Fsp3) is 0.222. The summed E-state index contributed by atoms with van der Waals surface area (Å²) in [5.74, 6) is -1.04. The Morgan fingerprint density at radius 3 is 2.31 bits per heavy atom. The van der Waals surface area contributed by atoms with Gasteiger partial charge in [-0.2, -0.15) is 8.42 Å². The van der Waals surface area contributed by atoms with Crippen LogP contribution >= 0.6 is 0 Å². The first-order valence-electron chi connectivity index (χ1n) is 4.27. The zero-order valence-electron chi connectivity index (χ0n) is 8.45. The van der Waals surface area contributed by atoms with Gasteiger partial charge in [-0.3, -0.25) is 0 Å². The summed E-state index contributed by atoms with van der Waals surface area (Å²) in [5, 5.41) is 9.01. The molecule has 0 spiro atoms. The van der Waals surface area contributed by atoms with Gasteiger partial charge in [0.05, 0.1) is 6.26 Å². The number of rotatable bonds is 3. The minimum absolute atomic E-state index is 0.0208. The molecule has 16 heavy (non-hydrogen) atoms. The van der Waals surface area contributed by atoms with Gasteiger partial charge in [0.2, 0.25) is 0 Å². The van der Waals surface area contributed by atoms with E-state index in [0.29, 0.717) is 5.56 Å². The summed E-state index contributed by atoms with van der Waals surface area (Å²) in [5.41, 5.74) is 5.83. The highest BCUT2D eigenvalue weighted by molar-refractivity contribution is 7.86. The Hall–Kier alpha value is -1.60. The van der Waals surface area contributed by atoms with Crippen LogP contribution in [0.1, 0.15) is 11.6 Å². The van der Waals surface area contributed by atoms with Crippen molar-refractivity contribution in [1.29, 1.82) is 0 Å². The first-order valence-corrected chi connectivity index (χ1v) is 6.09. The third-order valence-electron chi connectivity index (χ3n) is 1.74. The van der Waals surface area contributed by atoms with Gasteiger partial charge >= 0.3 is 16.1 Å². The van der Waals surface area contributed by atoms with Crippen LogP contribution in [0, 0.1) is 0 Å². The summed E-state index contributed by atoms with van der Waals surface area (Å²) in [6, 6.07) is 4.29. The van der Waals surface area contributed by atoms with Crippen molar-refractivity contribution < 1.29 is 22.5 Å². The highest BCUT2D eigenvalue weighted by Gasteiger charge is 2.21. The van der Waals surface area contributed by atoms with E-state index in [0.717, 1.165) is 6.26 Å². The maximum absolute atomic E-state index is 11.3. The van der Waals surface area contributed by atoms with E-state index in [1.54, 1.807) is 0 Å². The monoisotopic (exact) mass is 245 g/mol. The number of carbonyl (C=O) groups excluding carboxylic acids is 1. The highest BCUT2D eigenvalue weighted by atomic mass is 32.2. The Kier molecular flexibility index (Phi) is 3.51. The number of carbonyl (C=O) groups is 1. The van der Waals surface area contributed by atoms with E-state index >= 15 is 0 Å². The first-order chi connectivity index (χ1) is 7.29. The van der Waals surface area contributed by atoms with Crippen LogP contribution in [0.25, 0.3) is 0 Å². The van der Waals surface area contributed by atoms with Crippen molar-refractivity contribution in [2.45, 2.75) is 6.04 Å². The maximum atomic E-state index is 11.3. The standard InChI is InChI=1S/C9H11NO5S/c1-16(13,14)15-9(12)8(10)6-2-4-7(11)5-3-6/h2-5,8,11H,10H2,1H3/t8-/m1/s1. The molecule has 6 nitrogen and oxygen atoms in total. The van der Waals surface area contributed by atoms with Crippen molar-refractivity contribution in [3.8, 4) is 5.75 Å². The summed E-state index contributed by atoms with van der Waals surface area (Å²) in [4.78, 5) is 11.3. The molecule has 1 rings (SSSR count). The number of hydrogen-bond acceptors (Lipinski definition) is 6. The van der Waals surface area contributed by atoms with E-state index in [4.69, 9.17) is 10.8 Å². The molecule has 0 aliphatic rings. The normalized spacial score (nSPS) is 13.1. The van der Waals surface area contributed by atoms with Crippen molar-refractivity contribution in [3.63, 3.8) is 0 Å². The fourth-order valence-corrected chi connectivity index (χ4v) is 1.42. The van der Waals surface area contributed by atoms with Crippen LogP contribution < -0.4 is 5.73 Å². The summed E-state index contributed by atoms with van der Waals surface area (Å²) in [7, 11) is -3.86. The minimum atomic E-state index is -3.86. The van der Waals surface area contributed by atoms with Gasteiger partial charge in [-0.15, -0.1) is 0 Å². The Bertz CT molecular complexity index is 479. The molecule has 0 fully saturated rings. The molecule has 0 aromatic heterocycles. The van der Waals surface area contributed by atoms with Gasteiger partial charge in [-0.1, -0.05) is 12.1 Å². The molecule has 0 radical (unpaired) electrons. The lowest BCUT2D eigenvalue weighted by molar-refractivity contribution is -0.135. The summed E-state index contributed by atoms with van der Waals surface area (Å²) >= 11 is 0. The van der Waals surface area contributed by atoms with Crippen molar-refractivity contribution in [1.82, 2.24) is 0 Å². The van der Waals surface area contributed by atoms with Gasteiger partial charge < -0.3 is 15.0 Å². The molecule has 0 bridgehead atoms. The van der Waals surface area contributed by atoms with Crippen molar-refractivity contribution >= 4 is 16.1 Å². The van der Waals surface area contributed by atoms with Crippen molar-refractivity contribution in [2.75, 3.05) is 6.26 Å². The third kappa shape index (κ3) is 3.52. The van der Waals surface area contributed by atoms with Gasteiger partial charge in [0.1, 0.15) is 11.8 Å². The molecule has 1 aromatic rings. The fourth-order valence-electron chi connectivity index (χ4n) is 1.02. The zero-order valence-corrected chi connectivity index (χ0v) is 9.27. The number of hydrogen-bond donors (Lipinski definition) is 2. The molecule has 0 aliphatic carbocycles. The van der Waals surface area contributed by atoms with Crippen LogP contribution in [0.3, 0.4) is 0 Å². The van der Waals surface area contributed by atoms with Gasteiger partial charge in [0.15, 0.2) is 0 Å². The van der Waals surface area contributed by atoms with E-state index in [2.05, 4.69) is 4.18 Å². The first kappa shape index (κ1) is 12.5. The Labute approximate surface area is 92.8 Å². The number of phenols is 1. The second kappa shape index (κ2) is 4.50. The quantitative estimate of drug-likeness (QED) is 0.720. The second-order valence-electron chi connectivity index (χ2n) is 3.18. The van der Waals surface area contributed by atoms with Crippen LogP contribution in [0.4, 0.5) is 0 Å². The molecule has 0 saturated heterocycles. The van der Waals surface area contributed by atoms with E-state index < -0.39 is 22.1 Å². The molecule has 88 valence electrons. The Morgan fingerprint density at radius 2 is 1.88 bits per heavy atom. The molecule has 0 aliphatic heterocycles. The molecule has 3 N–H and O–H groups in total. The van der Waals surface area contributed by atoms with Gasteiger partial charge in [0, 0.05) is 0 Å². The van der Waals surface area contributed by atoms with Crippen molar-refractivity contribution in [3.05, 3.63) is 29.8 Å². The van der Waals surface area contributed by atoms with Gasteiger partial charge in [-0.05, 0) is 17.7 Å². The average molecular weight is 245 g/mol. The lowest BCUT2D eigenvalue weighted by Gasteiger charge is -2.09. The van der Waals surface area contributed by atoms with Gasteiger partial charge in [0.25, 0.3) is 0 Å². The maximum Gasteiger partial charge on any atom is 0.343 e.